The van der Waals surface area contributed by atoms with Gasteiger partial charge in [0.1, 0.15) is 0 Å². The maximum atomic E-state index is 10.8. The molecule has 0 aliphatic heterocycles. The summed E-state index contributed by atoms with van der Waals surface area (Å²) in [4.78, 5) is 21.2. The predicted octanol–water partition coefficient (Wildman–Crippen LogP) is 0.984. The van der Waals surface area contributed by atoms with E-state index in [1.54, 1.807) is 12.1 Å². The molecule has 1 aromatic rings. The van der Waals surface area contributed by atoms with Crippen molar-refractivity contribution in [3.63, 3.8) is 0 Å². The van der Waals surface area contributed by atoms with E-state index in [1.807, 2.05) is 0 Å². The highest BCUT2D eigenvalue weighted by molar-refractivity contribution is 5.90. The fourth-order valence-corrected chi connectivity index (χ4v) is 1.25. The molecular weight excluding hydrogens is 198 g/mol. The van der Waals surface area contributed by atoms with Crippen molar-refractivity contribution in [1.82, 2.24) is 0 Å². The number of carboxylic acid groups (broad SMARTS) is 2. The second-order valence-corrected chi connectivity index (χ2v) is 3.12. The van der Waals surface area contributed by atoms with Gasteiger partial charge in [-0.25, -0.2) is 4.79 Å². The molecule has 4 N–H and O–H groups in total. The number of hydrogen-bond donors (Lipinski definition) is 3. The number of benzene rings is 1. The number of aliphatic carboxylic acids is 1. The van der Waals surface area contributed by atoms with Gasteiger partial charge in [-0.05, 0) is 24.1 Å². The molecule has 0 fully saturated rings. The third kappa shape index (κ3) is 2.98. The molecule has 0 aliphatic rings. The Labute approximate surface area is 86.1 Å². The second kappa shape index (κ2) is 4.45. The molecule has 80 valence electrons. The van der Waals surface area contributed by atoms with Gasteiger partial charge in [-0.3, -0.25) is 4.79 Å². The Kier molecular flexibility index (Phi) is 3.28. The van der Waals surface area contributed by atoms with E-state index in [2.05, 4.69) is 0 Å². The van der Waals surface area contributed by atoms with Crippen LogP contribution in [0.4, 0.5) is 5.69 Å². The zero-order valence-corrected chi connectivity index (χ0v) is 7.93. The minimum absolute atomic E-state index is 0.0660. The van der Waals surface area contributed by atoms with Crippen LogP contribution in [0.3, 0.4) is 0 Å². The van der Waals surface area contributed by atoms with Gasteiger partial charge in [0.2, 0.25) is 0 Å². The molecule has 1 rings (SSSR count). The summed E-state index contributed by atoms with van der Waals surface area (Å²) >= 11 is 0. The first-order valence-corrected chi connectivity index (χ1v) is 4.34. The topological polar surface area (TPSA) is 101 Å². The number of anilines is 1. The summed E-state index contributed by atoms with van der Waals surface area (Å²) in [6, 6.07) is 4.44. The van der Waals surface area contributed by atoms with E-state index in [4.69, 9.17) is 15.9 Å². The first-order chi connectivity index (χ1) is 7.00. The van der Waals surface area contributed by atoms with Crippen molar-refractivity contribution in [2.45, 2.75) is 12.8 Å². The van der Waals surface area contributed by atoms with Crippen LogP contribution in [0.2, 0.25) is 0 Å². The number of carboxylic acids is 2. The van der Waals surface area contributed by atoms with E-state index < -0.39 is 11.9 Å². The van der Waals surface area contributed by atoms with Gasteiger partial charge in [-0.1, -0.05) is 6.07 Å². The highest BCUT2D eigenvalue weighted by Crippen LogP contribution is 2.15. The quantitative estimate of drug-likeness (QED) is 0.642. The molecule has 0 heterocycles. The van der Waals surface area contributed by atoms with Crippen molar-refractivity contribution >= 4 is 17.6 Å². The molecule has 0 saturated heterocycles. The van der Waals surface area contributed by atoms with Crippen LogP contribution in [-0.4, -0.2) is 22.2 Å². The maximum absolute atomic E-state index is 10.8. The Morgan fingerprint density at radius 2 is 1.93 bits per heavy atom. The zero-order chi connectivity index (χ0) is 11.4. The molecule has 5 heteroatoms. The molecule has 0 radical (unpaired) electrons. The van der Waals surface area contributed by atoms with Gasteiger partial charge >= 0.3 is 11.9 Å². The summed E-state index contributed by atoms with van der Waals surface area (Å²) in [5.74, 6) is -2.05. The second-order valence-electron chi connectivity index (χ2n) is 3.12. The van der Waals surface area contributed by atoms with Crippen LogP contribution in [0, 0.1) is 0 Å². The SMILES string of the molecule is Nc1ccc(CCC(=O)O)c(C(=O)O)c1. The van der Waals surface area contributed by atoms with Crippen molar-refractivity contribution in [3.05, 3.63) is 29.3 Å². The summed E-state index contributed by atoms with van der Waals surface area (Å²) in [7, 11) is 0. The monoisotopic (exact) mass is 209 g/mol. The van der Waals surface area contributed by atoms with E-state index in [-0.39, 0.29) is 18.4 Å². The Morgan fingerprint density at radius 3 is 2.47 bits per heavy atom. The number of rotatable bonds is 4. The average Bonchev–Trinajstić information content (AvgIpc) is 2.15. The van der Waals surface area contributed by atoms with Gasteiger partial charge in [0.25, 0.3) is 0 Å². The van der Waals surface area contributed by atoms with E-state index in [0.29, 0.717) is 11.3 Å². The summed E-state index contributed by atoms with van der Waals surface area (Å²) in [6.45, 7) is 0. The third-order valence-corrected chi connectivity index (χ3v) is 1.97. The van der Waals surface area contributed by atoms with E-state index in [0.717, 1.165) is 0 Å². The predicted molar refractivity (Wildman–Crippen MR) is 53.8 cm³/mol. The Balaban J connectivity index is 2.95. The molecule has 0 aliphatic carbocycles. The van der Waals surface area contributed by atoms with Crippen molar-refractivity contribution < 1.29 is 19.8 Å². The summed E-state index contributed by atoms with van der Waals surface area (Å²) in [6.07, 6.45) is 0.0987. The van der Waals surface area contributed by atoms with Crippen LogP contribution in [0.1, 0.15) is 22.3 Å². The van der Waals surface area contributed by atoms with Gasteiger partial charge in [-0.15, -0.1) is 0 Å². The van der Waals surface area contributed by atoms with Crippen LogP contribution < -0.4 is 5.73 Å². The fourth-order valence-electron chi connectivity index (χ4n) is 1.25. The van der Waals surface area contributed by atoms with Gasteiger partial charge in [0.15, 0.2) is 0 Å². The maximum Gasteiger partial charge on any atom is 0.336 e. The first kappa shape index (κ1) is 11.0. The van der Waals surface area contributed by atoms with Gasteiger partial charge in [-0.2, -0.15) is 0 Å². The van der Waals surface area contributed by atoms with Crippen molar-refractivity contribution in [2.24, 2.45) is 0 Å². The molecule has 0 atom stereocenters. The molecule has 0 spiro atoms. The number of aryl methyl sites for hydroxylation is 1. The first-order valence-electron chi connectivity index (χ1n) is 4.34. The van der Waals surface area contributed by atoms with E-state index in [9.17, 15) is 9.59 Å². The number of hydrogen-bond acceptors (Lipinski definition) is 3. The largest absolute Gasteiger partial charge is 0.481 e. The molecule has 1 aromatic carbocycles. The zero-order valence-electron chi connectivity index (χ0n) is 7.93. The number of aromatic carboxylic acids is 1. The molecule has 0 amide bonds. The van der Waals surface area contributed by atoms with Crippen LogP contribution in [0.25, 0.3) is 0 Å². The molecule has 15 heavy (non-hydrogen) atoms. The van der Waals surface area contributed by atoms with Crippen molar-refractivity contribution in [2.75, 3.05) is 5.73 Å². The Bertz CT molecular complexity index is 400. The average molecular weight is 209 g/mol. The Morgan fingerprint density at radius 1 is 1.27 bits per heavy atom. The third-order valence-electron chi connectivity index (χ3n) is 1.97. The summed E-state index contributed by atoms with van der Waals surface area (Å²) in [5.41, 5.74) is 6.35. The minimum atomic E-state index is -1.09. The normalized spacial score (nSPS) is 9.87. The lowest BCUT2D eigenvalue weighted by molar-refractivity contribution is -0.136. The lowest BCUT2D eigenvalue weighted by Crippen LogP contribution is -2.06. The number of nitrogen functional groups attached to an aromatic ring is 1. The van der Waals surface area contributed by atoms with Crippen molar-refractivity contribution in [1.29, 1.82) is 0 Å². The van der Waals surface area contributed by atoms with Crippen LogP contribution in [-0.2, 0) is 11.2 Å². The summed E-state index contributed by atoms with van der Waals surface area (Å²) < 4.78 is 0. The molecule has 0 bridgehead atoms. The van der Waals surface area contributed by atoms with Crippen LogP contribution >= 0.6 is 0 Å². The molecule has 5 nitrogen and oxygen atoms in total. The number of nitrogens with two attached hydrogens (primary N) is 1. The lowest BCUT2D eigenvalue weighted by atomic mass is 10.0. The highest BCUT2D eigenvalue weighted by Gasteiger charge is 2.11. The van der Waals surface area contributed by atoms with Crippen LogP contribution in [0.15, 0.2) is 18.2 Å². The Hall–Kier alpha value is -2.04. The number of carbonyl (C=O) groups is 2. The molecule has 0 saturated carbocycles. The van der Waals surface area contributed by atoms with E-state index in [1.165, 1.54) is 6.07 Å². The van der Waals surface area contributed by atoms with Crippen molar-refractivity contribution in [3.8, 4) is 0 Å². The van der Waals surface area contributed by atoms with Gasteiger partial charge in [0, 0.05) is 12.1 Å². The highest BCUT2D eigenvalue weighted by atomic mass is 16.4. The summed E-state index contributed by atoms with van der Waals surface area (Å²) in [5, 5.41) is 17.3. The van der Waals surface area contributed by atoms with Gasteiger partial charge in [0.05, 0.1) is 5.56 Å². The molecule has 0 unspecified atom stereocenters. The van der Waals surface area contributed by atoms with Crippen LogP contribution in [0.5, 0.6) is 0 Å². The smallest absolute Gasteiger partial charge is 0.336 e. The fraction of sp³-hybridized carbons (Fsp3) is 0.200. The standard InChI is InChI=1S/C10H11NO4/c11-7-3-1-6(2-4-9(12)13)8(5-7)10(14)15/h1,3,5H,2,4,11H2,(H,12,13)(H,14,15). The minimum Gasteiger partial charge on any atom is -0.481 e. The molecular formula is C10H11NO4. The molecule has 0 aromatic heterocycles. The van der Waals surface area contributed by atoms with Gasteiger partial charge < -0.3 is 15.9 Å². The lowest BCUT2D eigenvalue weighted by Gasteiger charge is -2.05. The van der Waals surface area contributed by atoms with E-state index >= 15 is 0 Å².